The molecule has 1 atom stereocenters. The first kappa shape index (κ1) is 16.8. The summed E-state index contributed by atoms with van der Waals surface area (Å²) < 4.78 is 0. The molecule has 7 heteroatoms. The lowest BCUT2D eigenvalue weighted by Crippen LogP contribution is -2.43. The van der Waals surface area contributed by atoms with Crippen molar-refractivity contribution in [1.82, 2.24) is 15.5 Å². The van der Waals surface area contributed by atoms with Crippen LogP contribution in [0.2, 0.25) is 0 Å². The Morgan fingerprint density at radius 1 is 1.26 bits per heavy atom. The lowest BCUT2D eigenvalue weighted by Gasteiger charge is -2.23. The summed E-state index contributed by atoms with van der Waals surface area (Å²) in [5.74, 6) is -1.04. The molecule has 0 aromatic heterocycles. The number of rotatable bonds is 4. The van der Waals surface area contributed by atoms with Crippen LogP contribution >= 0.6 is 0 Å². The van der Waals surface area contributed by atoms with Crippen molar-refractivity contribution >= 4 is 17.9 Å². The Kier molecular flexibility index (Phi) is 4.88. The van der Waals surface area contributed by atoms with Crippen molar-refractivity contribution in [2.24, 2.45) is 5.41 Å². The van der Waals surface area contributed by atoms with E-state index in [1.54, 1.807) is 24.1 Å². The van der Waals surface area contributed by atoms with Crippen LogP contribution in [0.4, 0.5) is 4.79 Å². The number of carboxylic acid groups (broad SMARTS) is 1. The number of carbonyl (C=O) groups excluding carboxylic acids is 2. The third kappa shape index (κ3) is 3.80. The van der Waals surface area contributed by atoms with Gasteiger partial charge in [0.25, 0.3) is 0 Å². The summed E-state index contributed by atoms with van der Waals surface area (Å²) in [7, 11) is 1.59. The summed E-state index contributed by atoms with van der Waals surface area (Å²) in [5, 5.41) is 14.3. The molecule has 0 saturated carbocycles. The maximum atomic E-state index is 12.2. The molecule has 0 radical (unpaired) electrons. The van der Waals surface area contributed by atoms with Gasteiger partial charge in [-0.05, 0) is 31.0 Å². The average Bonchev–Trinajstić information content (AvgIpc) is 2.96. The number of urea groups is 1. The fourth-order valence-corrected chi connectivity index (χ4v) is 2.68. The molecule has 1 saturated heterocycles. The molecule has 1 aliphatic rings. The third-order valence-electron chi connectivity index (χ3n) is 4.18. The van der Waals surface area contributed by atoms with Crippen molar-refractivity contribution < 1.29 is 19.5 Å². The number of nitrogens with zero attached hydrogens (tertiary/aromatic N) is 1. The lowest BCUT2D eigenvalue weighted by atomic mass is 9.89. The predicted octanol–water partition coefficient (Wildman–Crippen LogP) is 1.05. The van der Waals surface area contributed by atoms with E-state index in [4.69, 9.17) is 5.11 Å². The lowest BCUT2D eigenvalue weighted by molar-refractivity contribution is -0.128. The summed E-state index contributed by atoms with van der Waals surface area (Å²) >= 11 is 0. The zero-order valence-corrected chi connectivity index (χ0v) is 13.3. The molecule has 1 aliphatic heterocycles. The minimum Gasteiger partial charge on any atom is -0.478 e. The molecular weight excluding hydrogens is 298 g/mol. The summed E-state index contributed by atoms with van der Waals surface area (Å²) in [5.41, 5.74) is 0.479. The minimum absolute atomic E-state index is 0.0583. The molecule has 0 spiro atoms. The zero-order chi connectivity index (χ0) is 17.0. The van der Waals surface area contributed by atoms with Crippen LogP contribution in [0.5, 0.6) is 0 Å². The molecule has 3 N–H and O–H groups in total. The van der Waals surface area contributed by atoms with E-state index in [1.807, 2.05) is 6.92 Å². The topological polar surface area (TPSA) is 98.7 Å². The highest BCUT2D eigenvalue weighted by Crippen LogP contribution is 2.29. The maximum Gasteiger partial charge on any atom is 0.335 e. The summed E-state index contributed by atoms with van der Waals surface area (Å²) in [6.07, 6.45) is 0.632. The van der Waals surface area contributed by atoms with Crippen LogP contribution in [-0.2, 0) is 11.3 Å². The molecule has 0 aliphatic carbocycles. The molecule has 0 bridgehead atoms. The van der Waals surface area contributed by atoms with Crippen LogP contribution in [0.3, 0.4) is 0 Å². The van der Waals surface area contributed by atoms with Crippen LogP contribution in [0.1, 0.15) is 29.3 Å². The number of likely N-dealkylation sites (tertiary alicyclic amines) is 1. The number of hydrogen-bond donors (Lipinski definition) is 3. The Morgan fingerprint density at radius 2 is 1.91 bits per heavy atom. The smallest absolute Gasteiger partial charge is 0.335 e. The van der Waals surface area contributed by atoms with E-state index in [0.717, 1.165) is 5.56 Å². The van der Waals surface area contributed by atoms with Crippen molar-refractivity contribution in [2.45, 2.75) is 19.9 Å². The van der Waals surface area contributed by atoms with Gasteiger partial charge in [-0.15, -0.1) is 0 Å². The summed E-state index contributed by atoms with van der Waals surface area (Å²) in [6, 6.07) is 6.12. The van der Waals surface area contributed by atoms with Crippen molar-refractivity contribution in [2.75, 3.05) is 20.1 Å². The van der Waals surface area contributed by atoms with Crippen LogP contribution in [0.25, 0.3) is 0 Å². The Hall–Kier alpha value is -2.57. The second-order valence-electron chi connectivity index (χ2n) is 5.97. The number of carbonyl (C=O) groups is 3. The van der Waals surface area contributed by atoms with Gasteiger partial charge in [-0.2, -0.15) is 0 Å². The first-order valence-electron chi connectivity index (χ1n) is 7.43. The number of nitrogens with one attached hydrogen (secondary N) is 2. The molecule has 1 fully saturated rings. The summed E-state index contributed by atoms with van der Waals surface area (Å²) in [6.45, 7) is 3.08. The van der Waals surface area contributed by atoms with Gasteiger partial charge in [-0.25, -0.2) is 9.59 Å². The Morgan fingerprint density at radius 3 is 2.48 bits per heavy atom. The van der Waals surface area contributed by atoms with Gasteiger partial charge < -0.3 is 20.6 Å². The van der Waals surface area contributed by atoms with E-state index < -0.39 is 11.4 Å². The third-order valence-corrected chi connectivity index (χ3v) is 4.18. The number of hydrogen-bond acceptors (Lipinski definition) is 3. The van der Waals surface area contributed by atoms with Gasteiger partial charge in [-0.1, -0.05) is 12.1 Å². The largest absolute Gasteiger partial charge is 0.478 e. The maximum absolute atomic E-state index is 12.2. The van der Waals surface area contributed by atoms with Crippen LogP contribution < -0.4 is 10.6 Å². The second kappa shape index (κ2) is 6.68. The monoisotopic (exact) mass is 319 g/mol. The highest BCUT2D eigenvalue weighted by molar-refractivity contribution is 5.87. The van der Waals surface area contributed by atoms with E-state index in [1.165, 1.54) is 12.1 Å². The molecule has 124 valence electrons. The fraction of sp³-hybridized carbons (Fsp3) is 0.438. The Labute approximate surface area is 134 Å². The molecule has 1 heterocycles. The van der Waals surface area contributed by atoms with Gasteiger partial charge in [0.15, 0.2) is 0 Å². The fourth-order valence-electron chi connectivity index (χ4n) is 2.68. The highest BCUT2D eigenvalue weighted by Gasteiger charge is 2.41. The zero-order valence-electron chi connectivity index (χ0n) is 13.3. The number of carboxylic acids is 1. The van der Waals surface area contributed by atoms with Crippen LogP contribution in [-0.4, -0.2) is 48.1 Å². The van der Waals surface area contributed by atoms with Gasteiger partial charge in [0, 0.05) is 26.7 Å². The number of aromatic carboxylic acids is 1. The van der Waals surface area contributed by atoms with Crippen molar-refractivity contribution in [3.8, 4) is 0 Å². The molecule has 2 rings (SSSR count). The van der Waals surface area contributed by atoms with E-state index in [2.05, 4.69) is 10.6 Å². The van der Waals surface area contributed by atoms with Gasteiger partial charge in [0.1, 0.15) is 0 Å². The number of amides is 3. The predicted molar refractivity (Wildman–Crippen MR) is 84.0 cm³/mol. The Balaban J connectivity index is 1.88. The van der Waals surface area contributed by atoms with E-state index in [9.17, 15) is 14.4 Å². The van der Waals surface area contributed by atoms with Gasteiger partial charge in [-0.3, -0.25) is 4.79 Å². The van der Waals surface area contributed by atoms with Crippen molar-refractivity contribution in [1.29, 1.82) is 0 Å². The van der Waals surface area contributed by atoms with E-state index >= 15 is 0 Å². The van der Waals surface area contributed by atoms with Crippen LogP contribution in [0.15, 0.2) is 24.3 Å². The first-order valence-corrected chi connectivity index (χ1v) is 7.43. The molecule has 3 amide bonds. The molecule has 1 unspecified atom stereocenters. The van der Waals surface area contributed by atoms with Crippen LogP contribution in [0, 0.1) is 5.41 Å². The molecule has 1 aromatic carbocycles. The Bertz CT molecular complexity index is 614. The molecule has 23 heavy (non-hydrogen) atoms. The quantitative estimate of drug-likeness (QED) is 0.772. The molecule has 1 aromatic rings. The summed E-state index contributed by atoms with van der Waals surface area (Å²) in [4.78, 5) is 36.4. The van der Waals surface area contributed by atoms with Gasteiger partial charge >= 0.3 is 12.0 Å². The van der Waals surface area contributed by atoms with Gasteiger partial charge in [0.2, 0.25) is 5.91 Å². The average molecular weight is 319 g/mol. The van der Waals surface area contributed by atoms with E-state index in [0.29, 0.717) is 26.1 Å². The van der Waals surface area contributed by atoms with Crippen molar-refractivity contribution in [3.63, 3.8) is 0 Å². The minimum atomic E-state index is -0.980. The molecule has 7 nitrogen and oxygen atoms in total. The standard InChI is InChI=1S/C16H21N3O4/c1-16(14(22)17-2)7-8-19(10-16)15(23)18-9-11-3-5-12(6-4-11)13(20)21/h3-6H,7-10H2,1-2H3,(H,17,22)(H,18,23)(H,20,21). The van der Waals surface area contributed by atoms with E-state index in [-0.39, 0.29) is 17.5 Å². The molecular formula is C16H21N3O4. The normalized spacial score (nSPS) is 20.2. The second-order valence-corrected chi connectivity index (χ2v) is 5.97. The number of benzene rings is 1. The van der Waals surface area contributed by atoms with Gasteiger partial charge in [0.05, 0.1) is 11.0 Å². The SMILES string of the molecule is CNC(=O)C1(C)CCN(C(=O)NCc2ccc(C(=O)O)cc2)C1. The highest BCUT2D eigenvalue weighted by atomic mass is 16.4. The van der Waals surface area contributed by atoms with Crippen molar-refractivity contribution in [3.05, 3.63) is 35.4 Å². The first-order chi connectivity index (χ1) is 10.9.